The molecule has 1 aromatic rings. The first-order valence-corrected chi connectivity index (χ1v) is 9.80. The molecule has 0 aromatic heterocycles. The van der Waals surface area contributed by atoms with Gasteiger partial charge < -0.3 is 25.4 Å². The molecular formula is C20H35IN4O2. The molecule has 7 heteroatoms. The molecule has 2 rings (SSSR count). The largest absolute Gasteiger partial charge is 0.504 e. The summed E-state index contributed by atoms with van der Waals surface area (Å²) in [6.07, 6.45) is 4.82. The molecule has 3 N–H and O–H groups in total. The van der Waals surface area contributed by atoms with Crippen molar-refractivity contribution in [1.29, 1.82) is 0 Å². The normalized spacial score (nSPS) is 15.9. The van der Waals surface area contributed by atoms with Gasteiger partial charge in [0, 0.05) is 31.2 Å². The number of rotatable bonds is 8. The average molecular weight is 490 g/mol. The van der Waals surface area contributed by atoms with Crippen molar-refractivity contribution in [3.8, 4) is 11.5 Å². The van der Waals surface area contributed by atoms with Crippen molar-refractivity contribution in [1.82, 2.24) is 15.5 Å². The maximum Gasteiger partial charge on any atom is 0.191 e. The Morgan fingerprint density at radius 1 is 1.30 bits per heavy atom. The molecule has 0 bridgehead atoms. The second-order valence-electron chi connectivity index (χ2n) is 6.78. The maximum absolute atomic E-state index is 10.2. The third kappa shape index (κ3) is 7.73. The Kier molecular flexibility index (Phi) is 11.5. The lowest BCUT2D eigenvalue weighted by atomic mass is 10.0. The first-order valence-electron chi connectivity index (χ1n) is 9.80. The van der Waals surface area contributed by atoms with E-state index < -0.39 is 0 Å². The molecule has 0 radical (unpaired) electrons. The molecule has 27 heavy (non-hydrogen) atoms. The van der Waals surface area contributed by atoms with Crippen LogP contribution in [0.2, 0.25) is 0 Å². The van der Waals surface area contributed by atoms with Crippen LogP contribution in [0.5, 0.6) is 11.5 Å². The number of methoxy groups -OCH3 is 1. The number of phenolic OH excluding ortho intramolecular Hbond substituents is 1. The van der Waals surface area contributed by atoms with Gasteiger partial charge in [-0.3, -0.25) is 0 Å². The lowest BCUT2D eigenvalue weighted by molar-refractivity contribution is 0.203. The number of likely N-dealkylation sites (tertiary alicyclic amines) is 1. The Hall–Kier alpha value is -1.22. The van der Waals surface area contributed by atoms with Crippen molar-refractivity contribution < 1.29 is 9.84 Å². The lowest BCUT2D eigenvalue weighted by Crippen LogP contribution is -2.48. The summed E-state index contributed by atoms with van der Waals surface area (Å²) in [5, 5.41) is 17.1. The summed E-state index contributed by atoms with van der Waals surface area (Å²) in [6, 6.07) is 5.94. The molecule has 1 aliphatic heterocycles. The summed E-state index contributed by atoms with van der Waals surface area (Å²) >= 11 is 0. The molecule has 0 amide bonds. The van der Waals surface area contributed by atoms with Gasteiger partial charge in [0.2, 0.25) is 0 Å². The van der Waals surface area contributed by atoms with Gasteiger partial charge in [-0.05, 0) is 38.8 Å². The van der Waals surface area contributed by atoms with Crippen LogP contribution in [0, 0.1) is 0 Å². The van der Waals surface area contributed by atoms with E-state index in [9.17, 15) is 5.11 Å². The van der Waals surface area contributed by atoms with E-state index in [1.165, 1.54) is 19.4 Å². The van der Waals surface area contributed by atoms with Crippen molar-refractivity contribution in [3.05, 3.63) is 23.8 Å². The highest BCUT2D eigenvalue weighted by molar-refractivity contribution is 14.0. The molecule has 1 fully saturated rings. The Labute approximate surface area is 180 Å². The molecule has 154 valence electrons. The topological polar surface area (TPSA) is 69.1 Å². The van der Waals surface area contributed by atoms with Gasteiger partial charge in [-0.1, -0.05) is 25.5 Å². The van der Waals surface area contributed by atoms with E-state index in [1.807, 2.05) is 12.1 Å². The third-order valence-electron chi connectivity index (χ3n) is 4.81. The van der Waals surface area contributed by atoms with Crippen LogP contribution < -0.4 is 15.4 Å². The molecule has 0 saturated carbocycles. The maximum atomic E-state index is 10.2. The van der Waals surface area contributed by atoms with Crippen molar-refractivity contribution in [2.24, 2.45) is 4.99 Å². The minimum atomic E-state index is 0. The molecule has 1 heterocycles. The summed E-state index contributed by atoms with van der Waals surface area (Å²) in [5.74, 6) is 1.45. The highest BCUT2D eigenvalue weighted by atomic mass is 127. The van der Waals surface area contributed by atoms with Crippen molar-refractivity contribution in [2.75, 3.05) is 33.3 Å². The summed E-state index contributed by atoms with van der Waals surface area (Å²) in [7, 11) is 1.56. The average Bonchev–Trinajstić information content (AvgIpc) is 2.66. The Morgan fingerprint density at radius 3 is 2.67 bits per heavy atom. The minimum Gasteiger partial charge on any atom is -0.504 e. The number of ether oxygens (including phenoxy) is 1. The summed E-state index contributed by atoms with van der Waals surface area (Å²) in [5.41, 5.74) is 0.760. The number of aliphatic imine (C=N–C) groups is 1. The highest BCUT2D eigenvalue weighted by Gasteiger charge is 2.19. The lowest BCUT2D eigenvalue weighted by Gasteiger charge is -2.33. The standard InChI is InChI=1S/C20H34N4O2.HI/c1-4-6-12-24-13-10-17(11-14-24)23-20(21-5-2)22-15-16-8-7-9-18(26-3)19(16)25;/h7-9,17,25H,4-6,10-15H2,1-3H3,(H2,21,22,23);1H. The Balaban J connectivity index is 0.00000364. The number of unbranched alkanes of at least 4 members (excludes halogenated alkanes) is 1. The third-order valence-corrected chi connectivity index (χ3v) is 4.81. The van der Waals surface area contributed by atoms with E-state index in [1.54, 1.807) is 13.2 Å². The van der Waals surface area contributed by atoms with Gasteiger partial charge >= 0.3 is 0 Å². The number of piperidine rings is 1. The van der Waals surface area contributed by atoms with E-state index in [2.05, 4.69) is 34.4 Å². The van der Waals surface area contributed by atoms with E-state index in [4.69, 9.17) is 4.74 Å². The van der Waals surface area contributed by atoms with E-state index in [-0.39, 0.29) is 29.7 Å². The number of guanidine groups is 1. The van der Waals surface area contributed by atoms with Gasteiger partial charge in [0.1, 0.15) is 0 Å². The van der Waals surface area contributed by atoms with Crippen LogP contribution in [0.15, 0.2) is 23.2 Å². The molecule has 0 unspecified atom stereocenters. The fourth-order valence-electron chi connectivity index (χ4n) is 3.22. The number of phenols is 1. The SMILES string of the molecule is CCCCN1CCC(NC(=NCc2cccc(OC)c2O)NCC)CC1.I. The second kappa shape index (κ2) is 13.0. The van der Waals surface area contributed by atoms with Gasteiger partial charge in [-0.25, -0.2) is 4.99 Å². The predicted molar refractivity (Wildman–Crippen MR) is 122 cm³/mol. The minimum absolute atomic E-state index is 0. The Bertz CT molecular complexity index is 575. The molecule has 0 spiro atoms. The molecular weight excluding hydrogens is 455 g/mol. The summed E-state index contributed by atoms with van der Waals surface area (Å²) < 4.78 is 5.17. The predicted octanol–water partition coefficient (Wildman–Crippen LogP) is 3.34. The smallest absolute Gasteiger partial charge is 0.191 e. The first kappa shape index (κ1) is 23.8. The number of hydrogen-bond acceptors (Lipinski definition) is 4. The molecule has 0 aliphatic carbocycles. The Morgan fingerprint density at radius 2 is 2.04 bits per heavy atom. The molecule has 1 aliphatic rings. The number of benzene rings is 1. The van der Waals surface area contributed by atoms with Crippen LogP contribution in [-0.4, -0.2) is 55.3 Å². The van der Waals surface area contributed by atoms with E-state index in [0.717, 1.165) is 44.0 Å². The zero-order chi connectivity index (χ0) is 18.8. The number of aromatic hydroxyl groups is 1. The number of para-hydroxylation sites is 1. The van der Waals surface area contributed by atoms with Crippen LogP contribution in [0.3, 0.4) is 0 Å². The summed E-state index contributed by atoms with van der Waals surface area (Å²) in [6.45, 7) is 9.04. The van der Waals surface area contributed by atoms with Crippen LogP contribution in [0.25, 0.3) is 0 Å². The van der Waals surface area contributed by atoms with Gasteiger partial charge in [0.25, 0.3) is 0 Å². The quantitative estimate of drug-likeness (QED) is 0.296. The number of halogens is 1. The van der Waals surface area contributed by atoms with Crippen LogP contribution in [0.1, 0.15) is 45.1 Å². The van der Waals surface area contributed by atoms with Gasteiger partial charge in [0.15, 0.2) is 17.5 Å². The first-order chi connectivity index (χ1) is 12.7. The van der Waals surface area contributed by atoms with Gasteiger partial charge in [0.05, 0.1) is 13.7 Å². The van der Waals surface area contributed by atoms with Crippen LogP contribution in [-0.2, 0) is 6.54 Å². The van der Waals surface area contributed by atoms with E-state index in [0.29, 0.717) is 18.3 Å². The number of nitrogens with one attached hydrogen (secondary N) is 2. The second-order valence-corrected chi connectivity index (χ2v) is 6.78. The van der Waals surface area contributed by atoms with Gasteiger partial charge in [-0.15, -0.1) is 24.0 Å². The van der Waals surface area contributed by atoms with Crippen molar-refractivity contribution in [2.45, 2.75) is 52.1 Å². The number of hydrogen-bond donors (Lipinski definition) is 3. The zero-order valence-electron chi connectivity index (χ0n) is 16.8. The fourth-order valence-corrected chi connectivity index (χ4v) is 3.22. The van der Waals surface area contributed by atoms with E-state index >= 15 is 0 Å². The van der Waals surface area contributed by atoms with Crippen molar-refractivity contribution >= 4 is 29.9 Å². The molecule has 1 saturated heterocycles. The fraction of sp³-hybridized carbons (Fsp3) is 0.650. The van der Waals surface area contributed by atoms with Crippen LogP contribution >= 0.6 is 24.0 Å². The highest BCUT2D eigenvalue weighted by Crippen LogP contribution is 2.29. The molecule has 6 nitrogen and oxygen atoms in total. The van der Waals surface area contributed by atoms with Crippen LogP contribution in [0.4, 0.5) is 0 Å². The van der Waals surface area contributed by atoms with Crippen molar-refractivity contribution in [3.63, 3.8) is 0 Å². The molecule has 1 aromatic carbocycles. The zero-order valence-corrected chi connectivity index (χ0v) is 19.2. The van der Waals surface area contributed by atoms with Gasteiger partial charge in [-0.2, -0.15) is 0 Å². The monoisotopic (exact) mass is 490 g/mol. The molecule has 0 atom stereocenters. The summed E-state index contributed by atoms with van der Waals surface area (Å²) in [4.78, 5) is 7.20. The number of nitrogens with zero attached hydrogens (tertiary/aromatic N) is 2.